The number of hydrogen-bond donors (Lipinski definition) is 1. The minimum absolute atomic E-state index is 0.0565. The Bertz CT molecular complexity index is 156. The van der Waals surface area contributed by atoms with Crippen LogP contribution in [-0.4, -0.2) is 38.9 Å². The van der Waals surface area contributed by atoms with E-state index in [0.717, 1.165) is 19.3 Å². The number of amides is 1. The van der Waals surface area contributed by atoms with E-state index < -0.39 is 0 Å². The highest BCUT2D eigenvalue weighted by atomic mass is 16.5. The van der Waals surface area contributed by atoms with Gasteiger partial charge >= 0.3 is 0 Å². The number of nitrogens with one attached hydrogen (secondary N) is 1. The maximum absolute atomic E-state index is 11.4. The summed E-state index contributed by atoms with van der Waals surface area (Å²) in [7, 11) is 1.64. The van der Waals surface area contributed by atoms with Gasteiger partial charge in [0.1, 0.15) is 6.61 Å². The van der Waals surface area contributed by atoms with Gasteiger partial charge in [-0.3, -0.25) is 4.79 Å². The summed E-state index contributed by atoms with van der Waals surface area (Å²) in [5.74, 6) is -0.0565. The molecule has 0 saturated carbocycles. The predicted octanol–water partition coefficient (Wildman–Crippen LogP) is 1.34. The number of ether oxygens (including phenoxy) is 2. The van der Waals surface area contributed by atoms with E-state index in [9.17, 15) is 4.79 Å². The quantitative estimate of drug-likeness (QED) is 0.593. The lowest BCUT2D eigenvalue weighted by Crippen LogP contribution is -2.39. The third kappa shape index (κ3) is 8.39. The number of carbonyl (C=O) groups excluding carboxylic acids is 1. The van der Waals surface area contributed by atoms with Gasteiger partial charge in [0.05, 0.1) is 12.6 Å². The van der Waals surface area contributed by atoms with Crippen molar-refractivity contribution in [1.82, 2.24) is 5.32 Å². The summed E-state index contributed by atoms with van der Waals surface area (Å²) in [6.07, 6.45) is 2.90. The van der Waals surface area contributed by atoms with E-state index in [0.29, 0.717) is 13.2 Å². The van der Waals surface area contributed by atoms with Crippen molar-refractivity contribution in [3.8, 4) is 0 Å². The van der Waals surface area contributed by atoms with E-state index in [1.165, 1.54) is 0 Å². The van der Waals surface area contributed by atoms with Gasteiger partial charge in [0.15, 0.2) is 0 Å². The van der Waals surface area contributed by atoms with Crippen molar-refractivity contribution in [3.05, 3.63) is 0 Å². The zero-order valence-electron chi connectivity index (χ0n) is 10.0. The summed E-state index contributed by atoms with van der Waals surface area (Å²) in [5, 5.41) is 2.89. The van der Waals surface area contributed by atoms with Crippen molar-refractivity contribution in [3.63, 3.8) is 0 Å². The maximum Gasteiger partial charge on any atom is 0.246 e. The van der Waals surface area contributed by atoms with Gasteiger partial charge in [-0.05, 0) is 12.8 Å². The Hall–Kier alpha value is -0.610. The van der Waals surface area contributed by atoms with Crippen LogP contribution >= 0.6 is 0 Å². The third-order valence-corrected chi connectivity index (χ3v) is 1.95. The number of rotatable bonds is 9. The number of hydrogen-bond acceptors (Lipinski definition) is 3. The van der Waals surface area contributed by atoms with Gasteiger partial charge in [-0.1, -0.05) is 20.3 Å². The lowest BCUT2D eigenvalue weighted by molar-refractivity contribution is -0.126. The molecule has 0 aromatic heterocycles. The van der Waals surface area contributed by atoms with Crippen LogP contribution in [0.15, 0.2) is 0 Å². The SMILES string of the molecule is CCCOCC(=O)NC(CCC)COC. The first-order valence-electron chi connectivity index (χ1n) is 5.60. The van der Waals surface area contributed by atoms with Crippen molar-refractivity contribution in [2.45, 2.75) is 39.2 Å². The molecular formula is C11H23NO3. The molecule has 0 aliphatic heterocycles. The minimum atomic E-state index is -0.0565. The molecule has 0 aliphatic rings. The Morgan fingerprint density at radius 1 is 1.33 bits per heavy atom. The highest BCUT2D eigenvalue weighted by Gasteiger charge is 2.10. The zero-order valence-corrected chi connectivity index (χ0v) is 10.0. The summed E-state index contributed by atoms with van der Waals surface area (Å²) >= 11 is 0. The Morgan fingerprint density at radius 2 is 2.07 bits per heavy atom. The predicted molar refractivity (Wildman–Crippen MR) is 59.8 cm³/mol. The van der Waals surface area contributed by atoms with Gasteiger partial charge in [-0.25, -0.2) is 0 Å². The lowest BCUT2D eigenvalue weighted by atomic mass is 10.2. The Kier molecular flexibility index (Phi) is 9.52. The van der Waals surface area contributed by atoms with Crippen molar-refractivity contribution in [2.75, 3.05) is 26.9 Å². The molecule has 0 heterocycles. The number of carbonyl (C=O) groups is 1. The monoisotopic (exact) mass is 217 g/mol. The highest BCUT2D eigenvalue weighted by Crippen LogP contribution is 1.97. The fourth-order valence-corrected chi connectivity index (χ4v) is 1.33. The summed E-state index contributed by atoms with van der Waals surface area (Å²) in [6.45, 7) is 5.45. The van der Waals surface area contributed by atoms with Gasteiger partial charge in [0, 0.05) is 13.7 Å². The van der Waals surface area contributed by atoms with Crippen molar-refractivity contribution in [1.29, 1.82) is 0 Å². The average Bonchev–Trinajstić information content (AvgIpc) is 2.19. The standard InChI is InChI=1S/C11H23NO3/c1-4-6-10(8-14-3)12-11(13)9-15-7-5-2/h10H,4-9H2,1-3H3,(H,12,13). The molecule has 0 fully saturated rings. The van der Waals surface area contributed by atoms with Crippen LogP contribution < -0.4 is 5.32 Å². The third-order valence-electron chi connectivity index (χ3n) is 1.95. The molecule has 1 N–H and O–H groups in total. The Morgan fingerprint density at radius 3 is 2.60 bits per heavy atom. The molecule has 0 bridgehead atoms. The molecule has 1 unspecified atom stereocenters. The van der Waals surface area contributed by atoms with Gasteiger partial charge in [0.2, 0.25) is 5.91 Å². The molecule has 1 atom stereocenters. The van der Waals surface area contributed by atoms with Crippen LogP contribution in [-0.2, 0) is 14.3 Å². The summed E-state index contributed by atoms with van der Waals surface area (Å²) < 4.78 is 10.2. The maximum atomic E-state index is 11.4. The van der Waals surface area contributed by atoms with Crippen molar-refractivity contribution in [2.24, 2.45) is 0 Å². The fourth-order valence-electron chi connectivity index (χ4n) is 1.33. The highest BCUT2D eigenvalue weighted by molar-refractivity contribution is 5.77. The Balaban J connectivity index is 3.67. The first-order valence-corrected chi connectivity index (χ1v) is 5.60. The molecule has 0 rings (SSSR count). The Labute approximate surface area is 92.3 Å². The topological polar surface area (TPSA) is 47.6 Å². The molecule has 0 aromatic rings. The van der Waals surface area contributed by atoms with Crippen LogP contribution in [0.1, 0.15) is 33.1 Å². The van der Waals surface area contributed by atoms with Crippen LogP contribution in [0.25, 0.3) is 0 Å². The summed E-state index contributed by atoms with van der Waals surface area (Å²) in [5.41, 5.74) is 0. The molecule has 0 spiro atoms. The van der Waals surface area contributed by atoms with E-state index in [-0.39, 0.29) is 18.6 Å². The van der Waals surface area contributed by atoms with Crippen LogP contribution in [0.2, 0.25) is 0 Å². The molecule has 0 aromatic carbocycles. The van der Waals surface area contributed by atoms with E-state index in [4.69, 9.17) is 9.47 Å². The minimum Gasteiger partial charge on any atom is -0.383 e. The number of methoxy groups -OCH3 is 1. The molecular weight excluding hydrogens is 194 g/mol. The van der Waals surface area contributed by atoms with E-state index in [2.05, 4.69) is 12.2 Å². The van der Waals surface area contributed by atoms with E-state index in [1.54, 1.807) is 7.11 Å². The normalized spacial score (nSPS) is 12.5. The largest absolute Gasteiger partial charge is 0.383 e. The van der Waals surface area contributed by atoms with E-state index in [1.807, 2.05) is 6.92 Å². The molecule has 0 saturated heterocycles. The molecule has 90 valence electrons. The van der Waals surface area contributed by atoms with Crippen molar-refractivity contribution < 1.29 is 14.3 Å². The van der Waals surface area contributed by atoms with Gasteiger partial charge < -0.3 is 14.8 Å². The molecule has 0 radical (unpaired) electrons. The fraction of sp³-hybridized carbons (Fsp3) is 0.909. The zero-order chi connectivity index (χ0) is 11.5. The molecule has 1 amide bonds. The van der Waals surface area contributed by atoms with Gasteiger partial charge in [-0.15, -0.1) is 0 Å². The first-order chi connectivity index (χ1) is 7.24. The molecule has 15 heavy (non-hydrogen) atoms. The smallest absolute Gasteiger partial charge is 0.246 e. The van der Waals surface area contributed by atoms with Crippen LogP contribution in [0, 0.1) is 0 Å². The molecule has 0 aliphatic carbocycles. The van der Waals surface area contributed by atoms with Crippen molar-refractivity contribution >= 4 is 5.91 Å². The summed E-state index contributed by atoms with van der Waals surface area (Å²) in [6, 6.07) is 0.109. The summed E-state index contributed by atoms with van der Waals surface area (Å²) in [4.78, 5) is 11.4. The van der Waals surface area contributed by atoms with Crippen LogP contribution in [0.4, 0.5) is 0 Å². The molecule has 4 heteroatoms. The molecule has 4 nitrogen and oxygen atoms in total. The first kappa shape index (κ1) is 14.4. The van der Waals surface area contributed by atoms with E-state index >= 15 is 0 Å². The average molecular weight is 217 g/mol. The van der Waals surface area contributed by atoms with Gasteiger partial charge in [0.25, 0.3) is 0 Å². The second-order valence-corrected chi connectivity index (χ2v) is 3.56. The second-order valence-electron chi connectivity index (χ2n) is 3.56. The van der Waals surface area contributed by atoms with Crippen LogP contribution in [0.5, 0.6) is 0 Å². The van der Waals surface area contributed by atoms with Crippen LogP contribution in [0.3, 0.4) is 0 Å². The second kappa shape index (κ2) is 9.93. The lowest BCUT2D eigenvalue weighted by Gasteiger charge is -2.16. The van der Waals surface area contributed by atoms with Gasteiger partial charge in [-0.2, -0.15) is 0 Å².